The van der Waals surface area contributed by atoms with Crippen molar-refractivity contribution in [3.63, 3.8) is 0 Å². The zero-order valence-electron chi connectivity index (χ0n) is 13.1. The van der Waals surface area contributed by atoms with Gasteiger partial charge in [-0.2, -0.15) is 13.2 Å². The molecular weight excluding hydrogens is 355 g/mol. The molecule has 0 spiro atoms. The zero-order chi connectivity index (χ0) is 18.0. The van der Waals surface area contributed by atoms with E-state index in [1.54, 1.807) is 25.2 Å². The minimum Gasteiger partial charge on any atom is -0.484 e. The van der Waals surface area contributed by atoms with Gasteiger partial charge in [-0.3, -0.25) is 4.98 Å². The fraction of sp³-hybridized carbons (Fsp3) is 0.312. The Morgan fingerprint density at radius 3 is 2.88 bits per heavy atom. The largest absolute Gasteiger partial charge is 0.484 e. The number of thioether (sulfide) groups is 1. The first-order valence-corrected chi connectivity index (χ1v) is 8.33. The van der Waals surface area contributed by atoms with Gasteiger partial charge in [-0.1, -0.05) is 17.8 Å². The van der Waals surface area contributed by atoms with Crippen molar-refractivity contribution >= 4 is 22.6 Å². The van der Waals surface area contributed by atoms with E-state index in [1.807, 2.05) is 0 Å². The second-order valence-electron chi connectivity index (χ2n) is 5.37. The maximum absolute atomic E-state index is 12.3. The first kappa shape index (κ1) is 17.7. The van der Waals surface area contributed by atoms with Crippen LogP contribution in [0.15, 0.2) is 46.2 Å². The molecule has 5 nitrogen and oxygen atoms in total. The predicted molar refractivity (Wildman–Crippen MR) is 89.9 cm³/mol. The molecule has 0 aromatic carbocycles. The zero-order valence-corrected chi connectivity index (χ0v) is 13.9. The number of ether oxygens (including phenoxy) is 1. The summed E-state index contributed by atoms with van der Waals surface area (Å²) in [5.41, 5.74) is 2.45. The van der Waals surface area contributed by atoms with Gasteiger partial charge in [0.15, 0.2) is 11.8 Å². The van der Waals surface area contributed by atoms with Gasteiger partial charge in [-0.15, -0.1) is 0 Å². The Morgan fingerprint density at radius 2 is 2.12 bits per heavy atom. The van der Waals surface area contributed by atoms with Crippen LogP contribution >= 0.6 is 11.8 Å². The van der Waals surface area contributed by atoms with E-state index in [4.69, 9.17) is 4.74 Å². The molecule has 0 amide bonds. The molecule has 0 saturated heterocycles. The van der Waals surface area contributed by atoms with E-state index in [1.165, 1.54) is 24.0 Å². The molecule has 1 aliphatic heterocycles. The van der Waals surface area contributed by atoms with Gasteiger partial charge < -0.3 is 9.84 Å². The molecule has 1 aliphatic carbocycles. The number of rotatable bonds is 4. The number of amidine groups is 1. The molecule has 3 rings (SSSR count). The average molecular weight is 369 g/mol. The third kappa shape index (κ3) is 4.49. The number of pyridine rings is 1. The normalized spacial score (nSPS) is 19.2. The summed E-state index contributed by atoms with van der Waals surface area (Å²) in [6, 6.07) is 1.41. The highest BCUT2D eigenvalue weighted by Crippen LogP contribution is 2.28. The molecule has 9 heteroatoms. The van der Waals surface area contributed by atoms with Gasteiger partial charge >= 0.3 is 6.18 Å². The summed E-state index contributed by atoms with van der Waals surface area (Å²) in [7, 11) is 0. The number of aliphatic hydroxyl groups is 1. The highest BCUT2D eigenvalue weighted by Gasteiger charge is 2.29. The van der Waals surface area contributed by atoms with E-state index in [2.05, 4.69) is 15.0 Å². The van der Waals surface area contributed by atoms with Crippen molar-refractivity contribution in [1.29, 1.82) is 0 Å². The molecule has 2 aliphatic rings. The summed E-state index contributed by atoms with van der Waals surface area (Å²) in [6.45, 7) is 0.325. The fourth-order valence-electron chi connectivity index (χ4n) is 2.22. The van der Waals surface area contributed by atoms with E-state index >= 15 is 0 Å². The van der Waals surface area contributed by atoms with Crippen molar-refractivity contribution in [1.82, 2.24) is 4.98 Å². The van der Waals surface area contributed by atoms with E-state index < -0.39 is 18.9 Å². The highest BCUT2D eigenvalue weighted by atomic mass is 32.2. The second-order valence-corrected chi connectivity index (χ2v) is 6.31. The summed E-state index contributed by atoms with van der Waals surface area (Å²) < 4.78 is 41.7. The molecule has 1 aromatic rings. The van der Waals surface area contributed by atoms with Gasteiger partial charge in [-0.05, 0) is 25.1 Å². The van der Waals surface area contributed by atoms with E-state index in [-0.39, 0.29) is 5.75 Å². The predicted octanol–water partition coefficient (Wildman–Crippen LogP) is 3.19. The minimum atomic E-state index is -4.39. The van der Waals surface area contributed by atoms with Gasteiger partial charge in [0.05, 0.1) is 23.2 Å². The topological polar surface area (TPSA) is 67.1 Å². The number of halogens is 3. The maximum atomic E-state index is 12.3. The van der Waals surface area contributed by atoms with E-state index in [9.17, 15) is 18.3 Å². The lowest BCUT2D eigenvalue weighted by Gasteiger charge is -2.13. The van der Waals surface area contributed by atoms with Crippen LogP contribution in [0.4, 0.5) is 13.2 Å². The van der Waals surface area contributed by atoms with Crippen LogP contribution in [0, 0.1) is 6.92 Å². The number of alkyl halides is 3. The minimum absolute atomic E-state index is 0.157. The van der Waals surface area contributed by atoms with Crippen molar-refractivity contribution < 1.29 is 23.0 Å². The van der Waals surface area contributed by atoms with Crippen LogP contribution in [0.25, 0.3) is 0 Å². The Morgan fingerprint density at radius 1 is 1.32 bits per heavy atom. The fourth-order valence-corrected chi connectivity index (χ4v) is 3.10. The Bertz CT molecular complexity index is 800. The molecule has 132 valence electrons. The Balaban J connectivity index is 1.66. The van der Waals surface area contributed by atoms with Crippen molar-refractivity contribution in [3.8, 4) is 5.75 Å². The average Bonchev–Trinajstić information content (AvgIpc) is 2.94. The number of hydrogen-bond donors (Lipinski definition) is 1. The molecule has 1 aromatic heterocycles. The number of nitrogens with zero attached hydrogens (tertiary/aromatic N) is 3. The highest BCUT2D eigenvalue weighted by molar-refractivity contribution is 8.13. The lowest BCUT2D eigenvalue weighted by atomic mass is 10.1. The van der Waals surface area contributed by atoms with Crippen LogP contribution in [0.1, 0.15) is 11.3 Å². The van der Waals surface area contributed by atoms with Crippen molar-refractivity contribution in [3.05, 3.63) is 47.4 Å². The number of aliphatic imine (C=N–C) groups is 2. The molecular formula is C16H14F3N3O2S. The van der Waals surface area contributed by atoms with Crippen LogP contribution in [0.5, 0.6) is 5.75 Å². The molecule has 0 radical (unpaired) electrons. The Hall–Kier alpha value is -2.13. The molecule has 0 fully saturated rings. The molecule has 25 heavy (non-hydrogen) atoms. The van der Waals surface area contributed by atoms with Gasteiger partial charge in [0, 0.05) is 17.5 Å². The van der Waals surface area contributed by atoms with E-state index in [0.29, 0.717) is 33.6 Å². The van der Waals surface area contributed by atoms with Crippen molar-refractivity contribution in [2.24, 2.45) is 9.98 Å². The van der Waals surface area contributed by atoms with Gasteiger partial charge in [0.1, 0.15) is 5.75 Å². The number of aromatic nitrogens is 1. The van der Waals surface area contributed by atoms with Crippen LogP contribution in [-0.4, -0.2) is 39.9 Å². The summed E-state index contributed by atoms with van der Waals surface area (Å²) in [5.74, 6) is 0.551. The van der Waals surface area contributed by atoms with E-state index in [0.717, 1.165) is 0 Å². The standard InChI is InChI=1S/C16H14F3N3O2S/c1-9-13(20-5-4-14(9)24-8-16(17,18)19)7-25-15-21-11-3-2-10(23)6-12(11)22-15/h2-6,10,23H,7-8H2,1H3/t10-/m0/s1. The molecule has 1 N–H and O–H groups in total. The molecule has 0 saturated carbocycles. The lowest BCUT2D eigenvalue weighted by molar-refractivity contribution is -0.153. The van der Waals surface area contributed by atoms with Crippen molar-refractivity contribution in [2.75, 3.05) is 6.61 Å². The van der Waals surface area contributed by atoms with Crippen LogP contribution < -0.4 is 4.74 Å². The number of hydrogen-bond acceptors (Lipinski definition) is 6. The van der Waals surface area contributed by atoms with Crippen molar-refractivity contribution in [2.45, 2.75) is 25.0 Å². The lowest BCUT2D eigenvalue weighted by Crippen LogP contribution is -2.19. The van der Waals surface area contributed by atoms with Gasteiger partial charge in [-0.25, -0.2) is 9.98 Å². The van der Waals surface area contributed by atoms with Gasteiger partial charge in [0.2, 0.25) is 0 Å². The number of aliphatic hydroxyl groups excluding tert-OH is 1. The third-order valence-corrected chi connectivity index (χ3v) is 4.32. The first-order valence-electron chi connectivity index (χ1n) is 7.34. The quantitative estimate of drug-likeness (QED) is 0.885. The van der Waals surface area contributed by atoms with Crippen LogP contribution in [-0.2, 0) is 5.75 Å². The monoisotopic (exact) mass is 369 g/mol. The summed E-state index contributed by atoms with van der Waals surface area (Å²) in [6.07, 6.45) is 1.26. The smallest absolute Gasteiger partial charge is 0.422 e. The molecule has 1 atom stereocenters. The molecule has 0 bridgehead atoms. The molecule has 2 heterocycles. The molecule has 0 unspecified atom stereocenters. The van der Waals surface area contributed by atoms with Crippen LogP contribution in [0.2, 0.25) is 0 Å². The summed E-state index contributed by atoms with van der Waals surface area (Å²) in [5, 5.41) is 10.0. The third-order valence-electron chi connectivity index (χ3n) is 3.46. The maximum Gasteiger partial charge on any atom is 0.422 e. The summed E-state index contributed by atoms with van der Waals surface area (Å²) in [4.78, 5) is 12.8. The number of fused-ring (bicyclic) bond motifs is 1. The SMILES string of the molecule is Cc1c(OCC(F)(F)F)ccnc1CSC1=NC2=C[C@@H](O)C=CC2=N1. The summed E-state index contributed by atoms with van der Waals surface area (Å²) >= 11 is 1.32. The Labute approximate surface area is 146 Å². The Kier molecular flexibility index (Phi) is 4.96. The van der Waals surface area contributed by atoms with Gasteiger partial charge in [0.25, 0.3) is 0 Å². The number of allylic oxidation sites excluding steroid dienone is 1. The van der Waals surface area contributed by atoms with Crippen LogP contribution in [0.3, 0.4) is 0 Å². The second kappa shape index (κ2) is 7.01. The first-order chi connectivity index (χ1) is 11.8.